The number of carbonyl (C=O) groups excluding carboxylic acids is 1. The minimum atomic E-state index is -0.0378. The predicted octanol–water partition coefficient (Wildman–Crippen LogP) is 2.91. The molecule has 0 aliphatic heterocycles. The molecule has 0 radical (unpaired) electrons. The van der Waals surface area contributed by atoms with Crippen LogP contribution < -0.4 is 0 Å². The van der Waals surface area contributed by atoms with E-state index in [2.05, 4.69) is 39.6 Å². The fourth-order valence-corrected chi connectivity index (χ4v) is 2.93. The Balaban J connectivity index is 2.73. The summed E-state index contributed by atoms with van der Waals surface area (Å²) in [5, 5.41) is 0. The third kappa shape index (κ3) is 3.95. The molecule has 0 heterocycles. The number of esters is 1. The molecule has 0 aromatic carbocycles. The van der Waals surface area contributed by atoms with Crippen LogP contribution in [0.5, 0.6) is 0 Å². The molecular weight excluding hydrogens is 254 g/mol. The van der Waals surface area contributed by atoms with Gasteiger partial charge in [-0.15, -0.1) is 0 Å². The summed E-state index contributed by atoms with van der Waals surface area (Å²) in [7, 11) is 3.86. The number of nitrogens with zero attached hydrogens (tertiary/aromatic N) is 1. The minimum Gasteiger partial charge on any atom is -0.466 e. The Morgan fingerprint density at radius 2 is 1.95 bits per heavy atom. The summed E-state index contributed by atoms with van der Waals surface area (Å²) in [6, 6.07) is 0. The van der Waals surface area contributed by atoms with E-state index >= 15 is 0 Å². The number of ether oxygens (including phenoxy) is 2. The van der Waals surface area contributed by atoms with E-state index in [0.717, 1.165) is 12.8 Å². The van der Waals surface area contributed by atoms with Crippen molar-refractivity contribution in [1.82, 2.24) is 4.90 Å². The number of carbonyl (C=O) groups is 1. The van der Waals surface area contributed by atoms with E-state index in [1.54, 1.807) is 7.11 Å². The third-order valence-corrected chi connectivity index (χ3v) is 4.50. The molecule has 4 heteroatoms. The quantitative estimate of drug-likeness (QED) is 0.532. The number of hydrogen-bond acceptors (Lipinski definition) is 4. The Bertz CT molecular complexity index is 324. The number of methoxy groups -OCH3 is 1. The van der Waals surface area contributed by atoms with E-state index in [0.29, 0.717) is 18.4 Å². The maximum absolute atomic E-state index is 11.8. The van der Waals surface area contributed by atoms with Crippen LogP contribution in [-0.2, 0) is 14.3 Å². The highest BCUT2D eigenvalue weighted by Gasteiger charge is 2.51. The van der Waals surface area contributed by atoms with Gasteiger partial charge in [-0.05, 0) is 53.5 Å². The molecule has 0 saturated heterocycles. The lowest BCUT2D eigenvalue weighted by atomic mass is 9.93. The standard InChI is InChI=1S/C16H31NO3/c1-8-11(12-10-13(12)15(18)20-9-2)14(19-7)17(6)16(3,4)5/h11-14H,8-10H2,1-7H3/t11?,12-,13-,14?/m1/s1. The number of hydrogen-bond donors (Lipinski definition) is 0. The van der Waals surface area contributed by atoms with Gasteiger partial charge in [-0.3, -0.25) is 9.69 Å². The topological polar surface area (TPSA) is 38.8 Å². The van der Waals surface area contributed by atoms with Crippen LogP contribution in [0.1, 0.15) is 47.5 Å². The maximum atomic E-state index is 11.8. The van der Waals surface area contributed by atoms with E-state index in [9.17, 15) is 4.79 Å². The second kappa shape index (κ2) is 6.90. The predicted molar refractivity (Wildman–Crippen MR) is 80.3 cm³/mol. The van der Waals surface area contributed by atoms with Crippen molar-refractivity contribution >= 4 is 5.97 Å². The van der Waals surface area contributed by atoms with Crippen LogP contribution in [0.25, 0.3) is 0 Å². The summed E-state index contributed by atoms with van der Waals surface area (Å²) in [4.78, 5) is 14.1. The zero-order valence-corrected chi connectivity index (χ0v) is 14.1. The molecule has 1 rings (SSSR count). The van der Waals surface area contributed by atoms with Crippen molar-refractivity contribution in [1.29, 1.82) is 0 Å². The summed E-state index contributed by atoms with van der Waals surface area (Å²) in [6.45, 7) is 11.0. The molecule has 1 aliphatic rings. The Morgan fingerprint density at radius 1 is 1.35 bits per heavy atom. The van der Waals surface area contributed by atoms with Gasteiger partial charge in [0.2, 0.25) is 0 Å². The maximum Gasteiger partial charge on any atom is 0.309 e. The molecule has 0 aromatic rings. The Kier molecular flexibility index (Phi) is 6.02. The molecule has 2 unspecified atom stereocenters. The van der Waals surface area contributed by atoms with Gasteiger partial charge in [0.05, 0.1) is 12.5 Å². The molecule has 0 aromatic heterocycles. The van der Waals surface area contributed by atoms with Crippen LogP contribution in [-0.4, -0.2) is 43.4 Å². The highest BCUT2D eigenvalue weighted by molar-refractivity contribution is 5.75. The Hall–Kier alpha value is -0.610. The summed E-state index contributed by atoms with van der Waals surface area (Å²) < 4.78 is 10.9. The average molecular weight is 285 g/mol. The zero-order valence-electron chi connectivity index (χ0n) is 14.1. The van der Waals surface area contributed by atoms with E-state index in [1.807, 2.05) is 6.92 Å². The van der Waals surface area contributed by atoms with Gasteiger partial charge in [0.25, 0.3) is 0 Å². The SMILES string of the molecule is CCOC(=O)[C@@H]1C[C@@H]1C(CC)C(OC)N(C)C(C)(C)C. The van der Waals surface area contributed by atoms with Gasteiger partial charge in [-0.25, -0.2) is 0 Å². The van der Waals surface area contributed by atoms with Gasteiger partial charge in [0.1, 0.15) is 6.23 Å². The molecular formula is C16H31NO3. The first-order valence-electron chi connectivity index (χ1n) is 7.70. The van der Waals surface area contributed by atoms with Crippen LogP contribution in [0.4, 0.5) is 0 Å². The second-order valence-electron chi connectivity index (χ2n) is 6.74. The molecule has 20 heavy (non-hydrogen) atoms. The van der Waals surface area contributed by atoms with Gasteiger partial charge < -0.3 is 9.47 Å². The molecule has 0 N–H and O–H groups in total. The first-order valence-corrected chi connectivity index (χ1v) is 7.70. The van der Waals surface area contributed by atoms with Crippen LogP contribution in [0, 0.1) is 17.8 Å². The molecule has 0 spiro atoms. The van der Waals surface area contributed by atoms with Crippen LogP contribution in [0.2, 0.25) is 0 Å². The van der Waals surface area contributed by atoms with Crippen molar-refractivity contribution in [3.8, 4) is 0 Å². The van der Waals surface area contributed by atoms with Crippen molar-refractivity contribution in [3.05, 3.63) is 0 Å². The second-order valence-corrected chi connectivity index (χ2v) is 6.74. The fourth-order valence-electron chi connectivity index (χ4n) is 2.93. The lowest BCUT2D eigenvalue weighted by Crippen LogP contribution is -2.50. The lowest BCUT2D eigenvalue weighted by molar-refractivity contribution is -0.146. The van der Waals surface area contributed by atoms with E-state index in [-0.39, 0.29) is 23.7 Å². The molecule has 4 atom stereocenters. The lowest BCUT2D eigenvalue weighted by Gasteiger charge is -2.41. The average Bonchev–Trinajstić information content (AvgIpc) is 3.14. The molecule has 1 fully saturated rings. The van der Waals surface area contributed by atoms with E-state index < -0.39 is 0 Å². The molecule has 1 saturated carbocycles. The van der Waals surface area contributed by atoms with Crippen LogP contribution >= 0.6 is 0 Å². The van der Waals surface area contributed by atoms with Crippen LogP contribution in [0.3, 0.4) is 0 Å². The fraction of sp³-hybridized carbons (Fsp3) is 0.938. The van der Waals surface area contributed by atoms with Crippen molar-refractivity contribution < 1.29 is 14.3 Å². The monoisotopic (exact) mass is 285 g/mol. The van der Waals surface area contributed by atoms with Crippen molar-refractivity contribution in [2.45, 2.75) is 59.2 Å². The summed E-state index contributed by atoms with van der Waals surface area (Å²) in [5.41, 5.74) is 0.0441. The van der Waals surface area contributed by atoms with Gasteiger partial charge in [-0.1, -0.05) is 6.92 Å². The molecule has 1 aliphatic carbocycles. The largest absolute Gasteiger partial charge is 0.466 e. The highest BCUT2D eigenvalue weighted by Crippen LogP contribution is 2.48. The minimum absolute atomic E-state index is 0.0378. The molecule has 0 bridgehead atoms. The normalized spacial score (nSPS) is 25.4. The Labute approximate surface area is 123 Å². The molecule has 4 nitrogen and oxygen atoms in total. The van der Waals surface area contributed by atoms with Crippen molar-refractivity contribution in [2.75, 3.05) is 20.8 Å². The van der Waals surface area contributed by atoms with Crippen LogP contribution in [0.15, 0.2) is 0 Å². The first kappa shape index (κ1) is 17.4. The van der Waals surface area contributed by atoms with Gasteiger partial charge in [-0.2, -0.15) is 0 Å². The molecule has 118 valence electrons. The summed E-state index contributed by atoms with van der Waals surface area (Å²) in [5.74, 6) is 0.808. The summed E-state index contributed by atoms with van der Waals surface area (Å²) >= 11 is 0. The van der Waals surface area contributed by atoms with E-state index in [1.165, 1.54) is 0 Å². The van der Waals surface area contributed by atoms with Gasteiger partial charge in [0, 0.05) is 18.6 Å². The zero-order chi connectivity index (χ0) is 15.5. The van der Waals surface area contributed by atoms with Crippen molar-refractivity contribution in [2.24, 2.45) is 17.8 Å². The molecule has 0 amide bonds. The van der Waals surface area contributed by atoms with E-state index in [4.69, 9.17) is 9.47 Å². The first-order chi connectivity index (χ1) is 9.27. The van der Waals surface area contributed by atoms with Gasteiger partial charge in [0.15, 0.2) is 0 Å². The van der Waals surface area contributed by atoms with Crippen molar-refractivity contribution in [3.63, 3.8) is 0 Å². The highest BCUT2D eigenvalue weighted by atomic mass is 16.5. The number of rotatable bonds is 7. The summed E-state index contributed by atoms with van der Waals surface area (Å²) in [6.07, 6.45) is 2.00. The van der Waals surface area contributed by atoms with Gasteiger partial charge >= 0.3 is 5.97 Å². The smallest absolute Gasteiger partial charge is 0.309 e. The third-order valence-electron chi connectivity index (χ3n) is 4.50. The Morgan fingerprint density at radius 3 is 2.35 bits per heavy atom.